The molecule has 0 aliphatic heterocycles. The van der Waals surface area contributed by atoms with Crippen molar-refractivity contribution in [3.05, 3.63) is 54.2 Å². The van der Waals surface area contributed by atoms with Gasteiger partial charge in [0, 0.05) is 23.7 Å². The molecule has 0 radical (unpaired) electrons. The third kappa shape index (κ3) is 2.78. The zero-order chi connectivity index (χ0) is 15.7. The molecule has 0 unspecified atom stereocenters. The number of aromatic hydroxyl groups is 1. The molecule has 0 spiro atoms. The molecule has 0 bridgehead atoms. The fourth-order valence-electron chi connectivity index (χ4n) is 1.92. The molecule has 7 heteroatoms. The summed E-state index contributed by atoms with van der Waals surface area (Å²) in [6, 6.07) is 9.64. The molecule has 0 saturated heterocycles. The smallest absolute Gasteiger partial charge is 0.416 e. The quantitative estimate of drug-likeness (QED) is 0.773. The van der Waals surface area contributed by atoms with E-state index in [4.69, 9.17) is 4.74 Å². The van der Waals surface area contributed by atoms with Crippen molar-refractivity contribution in [2.75, 3.05) is 0 Å². The zero-order valence-electron chi connectivity index (χ0n) is 11.0. The Labute approximate surface area is 122 Å². The maximum atomic E-state index is 12.6. The van der Waals surface area contributed by atoms with Crippen molar-refractivity contribution >= 4 is 10.9 Å². The summed E-state index contributed by atoms with van der Waals surface area (Å²) in [5.74, 6) is -0.224. The number of pyridine rings is 2. The summed E-state index contributed by atoms with van der Waals surface area (Å²) in [5, 5.41) is 10.4. The van der Waals surface area contributed by atoms with Gasteiger partial charge < -0.3 is 9.84 Å². The SMILES string of the molecule is Oc1cccc2ccc(Oc3cc(C(F)(F)F)ccn3)nc12. The highest BCUT2D eigenvalue weighted by molar-refractivity contribution is 5.84. The Bertz CT molecular complexity index is 834. The number of hydrogen-bond acceptors (Lipinski definition) is 4. The Hall–Kier alpha value is -2.83. The number of rotatable bonds is 2. The highest BCUT2D eigenvalue weighted by atomic mass is 19.4. The highest BCUT2D eigenvalue weighted by Gasteiger charge is 2.31. The largest absolute Gasteiger partial charge is 0.506 e. The van der Waals surface area contributed by atoms with Gasteiger partial charge in [0.1, 0.15) is 11.3 Å². The van der Waals surface area contributed by atoms with E-state index in [0.717, 1.165) is 18.3 Å². The summed E-state index contributed by atoms with van der Waals surface area (Å²) < 4.78 is 43.2. The van der Waals surface area contributed by atoms with Crippen LogP contribution in [0.3, 0.4) is 0 Å². The van der Waals surface area contributed by atoms with E-state index in [1.807, 2.05) is 0 Å². The third-order valence-corrected chi connectivity index (χ3v) is 2.94. The van der Waals surface area contributed by atoms with Crippen LogP contribution in [-0.2, 0) is 6.18 Å². The summed E-state index contributed by atoms with van der Waals surface area (Å²) in [6.45, 7) is 0. The van der Waals surface area contributed by atoms with Crippen molar-refractivity contribution in [2.45, 2.75) is 6.18 Å². The Morgan fingerprint density at radius 2 is 1.82 bits per heavy atom. The van der Waals surface area contributed by atoms with Gasteiger partial charge in [0.25, 0.3) is 0 Å². The fourth-order valence-corrected chi connectivity index (χ4v) is 1.92. The summed E-state index contributed by atoms with van der Waals surface area (Å²) in [6.07, 6.45) is -3.47. The predicted molar refractivity (Wildman–Crippen MR) is 72.7 cm³/mol. The number of ether oxygens (including phenoxy) is 1. The lowest BCUT2D eigenvalue weighted by molar-refractivity contribution is -0.137. The van der Waals surface area contributed by atoms with Gasteiger partial charge in [-0.15, -0.1) is 0 Å². The van der Waals surface area contributed by atoms with Gasteiger partial charge in [-0.05, 0) is 18.2 Å². The van der Waals surface area contributed by atoms with Crippen LogP contribution >= 0.6 is 0 Å². The van der Waals surface area contributed by atoms with Gasteiger partial charge in [0.05, 0.1) is 5.56 Å². The van der Waals surface area contributed by atoms with Crippen molar-refractivity contribution in [1.29, 1.82) is 0 Å². The molecule has 0 atom stereocenters. The molecule has 22 heavy (non-hydrogen) atoms. The number of aromatic nitrogens is 2. The monoisotopic (exact) mass is 306 g/mol. The summed E-state index contributed by atoms with van der Waals surface area (Å²) >= 11 is 0. The maximum absolute atomic E-state index is 12.6. The molecule has 0 aliphatic rings. The number of phenols is 1. The molecule has 112 valence electrons. The lowest BCUT2D eigenvalue weighted by atomic mass is 10.2. The van der Waals surface area contributed by atoms with E-state index >= 15 is 0 Å². The normalized spacial score (nSPS) is 11.6. The molecular formula is C15H9F3N2O2. The van der Waals surface area contributed by atoms with Gasteiger partial charge in [-0.1, -0.05) is 12.1 Å². The molecule has 0 saturated carbocycles. The average Bonchev–Trinajstić information content (AvgIpc) is 2.48. The number of phenolic OH excluding ortho intramolecular Hbond substituents is 1. The Balaban J connectivity index is 1.95. The minimum Gasteiger partial charge on any atom is -0.506 e. The third-order valence-electron chi connectivity index (χ3n) is 2.94. The van der Waals surface area contributed by atoms with Crippen LogP contribution in [0.5, 0.6) is 17.5 Å². The van der Waals surface area contributed by atoms with Gasteiger partial charge in [-0.25, -0.2) is 9.97 Å². The number of alkyl halides is 3. The first kappa shape index (κ1) is 14.1. The summed E-state index contributed by atoms with van der Waals surface area (Å²) in [5.41, 5.74) is -0.562. The molecule has 2 aromatic heterocycles. The van der Waals surface area contributed by atoms with Crippen LogP contribution in [0.15, 0.2) is 48.7 Å². The summed E-state index contributed by atoms with van der Waals surface area (Å²) in [7, 11) is 0. The number of fused-ring (bicyclic) bond motifs is 1. The second-order valence-corrected chi connectivity index (χ2v) is 4.48. The van der Waals surface area contributed by atoms with Crippen LogP contribution in [0.25, 0.3) is 10.9 Å². The molecule has 4 nitrogen and oxygen atoms in total. The lowest BCUT2D eigenvalue weighted by Crippen LogP contribution is -2.05. The van der Waals surface area contributed by atoms with Crippen LogP contribution in [0.2, 0.25) is 0 Å². The van der Waals surface area contributed by atoms with Crippen molar-refractivity contribution in [3.63, 3.8) is 0 Å². The molecule has 0 fully saturated rings. The second-order valence-electron chi connectivity index (χ2n) is 4.48. The molecule has 0 amide bonds. The highest BCUT2D eigenvalue weighted by Crippen LogP contribution is 2.32. The van der Waals surface area contributed by atoms with Gasteiger partial charge in [0.2, 0.25) is 11.8 Å². The van der Waals surface area contributed by atoms with Crippen molar-refractivity contribution in [3.8, 4) is 17.5 Å². The number of para-hydroxylation sites is 1. The minimum absolute atomic E-state index is 0.0417. The summed E-state index contributed by atoms with van der Waals surface area (Å²) in [4.78, 5) is 7.79. The fraction of sp³-hybridized carbons (Fsp3) is 0.0667. The van der Waals surface area contributed by atoms with Crippen LogP contribution < -0.4 is 4.74 Å². The average molecular weight is 306 g/mol. The number of benzene rings is 1. The van der Waals surface area contributed by atoms with E-state index in [2.05, 4.69) is 9.97 Å². The first-order chi connectivity index (χ1) is 10.4. The Morgan fingerprint density at radius 3 is 2.59 bits per heavy atom. The van der Waals surface area contributed by atoms with Crippen LogP contribution in [0.1, 0.15) is 5.56 Å². The molecule has 3 rings (SSSR count). The van der Waals surface area contributed by atoms with Gasteiger partial charge in [-0.2, -0.15) is 13.2 Å². The molecule has 2 heterocycles. The van der Waals surface area contributed by atoms with Crippen molar-refractivity contribution < 1.29 is 23.0 Å². The molecule has 3 aromatic rings. The Morgan fingerprint density at radius 1 is 1.00 bits per heavy atom. The zero-order valence-corrected chi connectivity index (χ0v) is 11.0. The molecule has 1 aromatic carbocycles. The first-order valence-electron chi connectivity index (χ1n) is 6.23. The van der Waals surface area contributed by atoms with Gasteiger partial charge >= 0.3 is 6.18 Å². The number of halogens is 3. The molecule has 0 aliphatic carbocycles. The standard InChI is InChI=1S/C15H9F3N2O2/c16-15(17,18)10-6-7-19-13(8-10)22-12-5-4-9-2-1-3-11(21)14(9)20-12/h1-8,21H. The molecule has 1 N–H and O–H groups in total. The van der Waals surface area contributed by atoms with E-state index in [1.165, 1.54) is 12.1 Å². The van der Waals surface area contributed by atoms with E-state index in [9.17, 15) is 18.3 Å². The van der Waals surface area contributed by atoms with E-state index in [-0.39, 0.29) is 17.5 Å². The topological polar surface area (TPSA) is 55.2 Å². The van der Waals surface area contributed by atoms with Crippen molar-refractivity contribution in [2.24, 2.45) is 0 Å². The van der Waals surface area contributed by atoms with Gasteiger partial charge in [-0.3, -0.25) is 0 Å². The molecular weight excluding hydrogens is 297 g/mol. The Kier molecular flexibility index (Phi) is 3.32. The van der Waals surface area contributed by atoms with Crippen LogP contribution in [0, 0.1) is 0 Å². The van der Waals surface area contributed by atoms with E-state index in [1.54, 1.807) is 18.2 Å². The minimum atomic E-state index is -4.48. The predicted octanol–water partition coefficient (Wildman–Crippen LogP) is 4.15. The van der Waals surface area contributed by atoms with E-state index in [0.29, 0.717) is 10.9 Å². The van der Waals surface area contributed by atoms with Gasteiger partial charge in [0.15, 0.2) is 0 Å². The number of nitrogens with zero attached hydrogens (tertiary/aromatic N) is 2. The van der Waals surface area contributed by atoms with E-state index < -0.39 is 11.7 Å². The number of hydrogen-bond donors (Lipinski definition) is 1. The first-order valence-corrected chi connectivity index (χ1v) is 6.23. The maximum Gasteiger partial charge on any atom is 0.416 e. The van der Waals surface area contributed by atoms with Crippen LogP contribution in [0.4, 0.5) is 13.2 Å². The lowest BCUT2D eigenvalue weighted by Gasteiger charge is -2.09. The van der Waals surface area contributed by atoms with Crippen molar-refractivity contribution in [1.82, 2.24) is 9.97 Å². The second kappa shape index (κ2) is 5.18. The van der Waals surface area contributed by atoms with Crippen LogP contribution in [-0.4, -0.2) is 15.1 Å².